The Bertz CT molecular complexity index is 451. The van der Waals surface area contributed by atoms with E-state index in [0.29, 0.717) is 11.3 Å². The smallest absolute Gasteiger partial charge is 0.253 e. The zero-order valence-electron chi connectivity index (χ0n) is 11.3. The van der Waals surface area contributed by atoms with E-state index in [-0.39, 0.29) is 36.8 Å². The summed E-state index contributed by atoms with van der Waals surface area (Å²) in [5.41, 5.74) is 6.91. The maximum atomic E-state index is 12.1. The Kier molecular flexibility index (Phi) is 8.51. The summed E-state index contributed by atoms with van der Waals surface area (Å²) in [7, 11) is 2.10. The summed E-state index contributed by atoms with van der Waals surface area (Å²) in [4.78, 5) is 14.4. The van der Waals surface area contributed by atoms with Crippen molar-refractivity contribution in [3.05, 3.63) is 28.2 Å². The van der Waals surface area contributed by atoms with E-state index in [0.717, 1.165) is 30.4 Å². The highest BCUT2D eigenvalue weighted by Gasteiger charge is 2.19. The number of amides is 1. The van der Waals surface area contributed by atoms with Crippen molar-refractivity contribution >= 4 is 52.3 Å². The average Bonchev–Trinajstić information content (AvgIpc) is 2.32. The number of nitrogen functional groups attached to an aromatic ring is 1. The summed E-state index contributed by atoms with van der Waals surface area (Å²) < 4.78 is 0.885. The lowest BCUT2D eigenvalue weighted by Crippen LogP contribution is -2.43. The van der Waals surface area contributed by atoms with Crippen LogP contribution in [0.25, 0.3) is 0 Å². The van der Waals surface area contributed by atoms with Crippen LogP contribution in [0.4, 0.5) is 5.69 Å². The predicted octanol–water partition coefficient (Wildman–Crippen LogP) is 2.70. The van der Waals surface area contributed by atoms with E-state index in [2.05, 4.69) is 33.2 Å². The summed E-state index contributed by atoms with van der Waals surface area (Å²) in [6.45, 7) is 2.06. The van der Waals surface area contributed by atoms with E-state index >= 15 is 0 Å². The topological polar surface area (TPSA) is 58.4 Å². The van der Waals surface area contributed by atoms with Gasteiger partial charge >= 0.3 is 0 Å². The van der Waals surface area contributed by atoms with E-state index < -0.39 is 0 Å². The molecule has 1 fully saturated rings. The number of piperidine rings is 1. The second kappa shape index (κ2) is 8.72. The van der Waals surface area contributed by atoms with Gasteiger partial charge in [0.1, 0.15) is 0 Å². The molecule has 0 radical (unpaired) electrons. The molecule has 0 unspecified atom stereocenters. The number of halogens is 3. The number of rotatable bonds is 2. The number of likely N-dealkylation sites (tertiary alicyclic amines) is 1. The maximum Gasteiger partial charge on any atom is 0.253 e. The zero-order chi connectivity index (χ0) is 13.1. The molecule has 1 saturated heterocycles. The first-order valence-electron chi connectivity index (χ1n) is 6.10. The minimum Gasteiger partial charge on any atom is -0.398 e. The predicted molar refractivity (Wildman–Crippen MR) is 91.0 cm³/mol. The first-order valence-corrected chi connectivity index (χ1v) is 6.90. The van der Waals surface area contributed by atoms with Gasteiger partial charge in [0.15, 0.2) is 0 Å². The van der Waals surface area contributed by atoms with Gasteiger partial charge in [0.25, 0.3) is 5.91 Å². The highest BCUT2D eigenvalue weighted by molar-refractivity contribution is 9.10. The fourth-order valence-corrected chi connectivity index (χ4v) is 2.54. The molecule has 2 rings (SSSR count). The molecule has 1 aliphatic rings. The van der Waals surface area contributed by atoms with Crippen molar-refractivity contribution in [3.63, 3.8) is 0 Å². The average molecular weight is 385 g/mol. The van der Waals surface area contributed by atoms with Crippen molar-refractivity contribution in [2.75, 3.05) is 25.9 Å². The molecular weight excluding hydrogens is 365 g/mol. The summed E-state index contributed by atoms with van der Waals surface area (Å²) in [6.07, 6.45) is 2.00. The van der Waals surface area contributed by atoms with E-state index in [1.165, 1.54) is 0 Å². The molecule has 1 aliphatic heterocycles. The van der Waals surface area contributed by atoms with Crippen LogP contribution in [-0.2, 0) is 0 Å². The minimum absolute atomic E-state index is 0. The fourth-order valence-electron chi connectivity index (χ4n) is 2.16. The summed E-state index contributed by atoms with van der Waals surface area (Å²) in [5, 5.41) is 3.06. The number of nitrogens with two attached hydrogens (primary N) is 1. The molecular formula is C13H20BrCl2N3O. The van der Waals surface area contributed by atoms with Crippen molar-refractivity contribution in [2.24, 2.45) is 0 Å². The molecule has 0 spiro atoms. The number of nitrogens with zero attached hydrogens (tertiary/aromatic N) is 1. The van der Waals surface area contributed by atoms with Crippen LogP contribution in [0.1, 0.15) is 23.2 Å². The SMILES string of the molecule is CN1CCC(NC(=O)c2ccc(Br)cc2N)CC1.Cl.Cl. The number of hydrogen-bond donors (Lipinski definition) is 2. The zero-order valence-corrected chi connectivity index (χ0v) is 14.5. The Morgan fingerprint density at radius 2 is 1.95 bits per heavy atom. The van der Waals surface area contributed by atoms with E-state index in [1.54, 1.807) is 12.1 Å². The molecule has 1 aromatic carbocycles. The molecule has 1 amide bonds. The number of carbonyl (C=O) groups is 1. The van der Waals surface area contributed by atoms with Gasteiger partial charge in [-0.15, -0.1) is 24.8 Å². The van der Waals surface area contributed by atoms with Gasteiger partial charge in [-0.3, -0.25) is 4.79 Å². The first-order chi connectivity index (χ1) is 8.56. The molecule has 1 aromatic rings. The van der Waals surface area contributed by atoms with Crippen molar-refractivity contribution in [2.45, 2.75) is 18.9 Å². The molecule has 0 saturated carbocycles. The third-order valence-corrected chi connectivity index (χ3v) is 3.81. The van der Waals surface area contributed by atoms with Crippen LogP contribution in [0, 0.1) is 0 Å². The largest absolute Gasteiger partial charge is 0.398 e. The van der Waals surface area contributed by atoms with E-state index in [1.807, 2.05) is 6.07 Å². The Morgan fingerprint density at radius 1 is 1.35 bits per heavy atom. The van der Waals surface area contributed by atoms with Crippen LogP contribution in [0.3, 0.4) is 0 Å². The second-order valence-electron chi connectivity index (χ2n) is 4.78. The maximum absolute atomic E-state index is 12.1. The van der Waals surface area contributed by atoms with Crippen LogP contribution in [0.15, 0.2) is 22.7 Å². The molecule has 0 atom stereocenters. The van der Waals surface area contributed by atoms with Gasteiger partial charge in [0, 0.05) is 16.2 Å². The van der Waals surface area contributed by atoms with Gasteiger partial charge in [-0.1, -0.05) is 15.9 Å². The Balaban J connectivity index is 0.00000180. The minimum atomic E-state index is -0.0745. The van der Waals surface area contributed by atoms with Gasteiger partial charge in [0.2, 0.25) is 0 Å². The fraction of sp³-hybridized carbons (Fsp3) is 0.462. The van der Waals surface area contributed by atoms with Crippen LogP contribution in [0.5, 0.6) is 0 Å². The Morgan fingerprint density at radius 3 is 2.50 bits per heavy atom. The van der Waals surface area contributed by atoms with Gasteiger partial charge in [-0.2, -0.15) is 0 Å². The van der Waals surface area contributed by atoms with Gasteiger partial charge in [0.05, 0.1) is 5.56 Å². The third kappa shape index (κ3) is 5.13. The number of benzene rings is 1. The summed E-state index contributed by atoms with van der Waals surface area (Å²) in [6, 6.07) is 5.60. The van der Waals surface area contributed by atoms with Crippen LogP contribution in [0.2, 0.25) is 0 Å². The molecule has 114 valence electrons. The quantitative estimate of drug-likeness (QED) is 0.770. The standard InChI is InChI=1S/C13H18BrN3O.2ClH/c1-17-6-4-10(5-7-17)16-13(18)11-3-2-9(14)8-12(11)15;;/h2-3,8,10H,4-7,15H2,1H3,(H,16,18);2*1H. The lowest BCUT2D eigenvalue weighted by atomic mass is 10.0. The van der Waals surface area contributed by atoms with E-state index in [9.17, 15) is 4.79 Å². The van der Waals surface area contributed by atoms with Crippen molar-refractivity contribution < 1.29 is 4.79 Å². The highest BCUT2D eigenvalue weighted by Crippen LogP contribution is 2.19. The van der Waals surface area contributed by atoms with Crippen LogP contribution >= 0.6 is 40.7 Å². The Labute approximate surface area is 140 Å². The van der Waals surface area contributed by atoms with Crippen molar-refractivity contribution in [1.29, 1.82) is 0 Å². The molecule has 0 aromatic heterocycles. The van der Waals surface area contributed by atoms with Crippen molar-refractivity contribution in [3.8, 4) is 0 Å². The normalized spacial score (nSPS) is 15.9. The molecule has 0 bridgehead atoms. The number of hydrogen-bond acceptors (Lipinski definition) is 3. The van der Waals surface area contributed by atoms with Gasteiger partial charge in [-0.05, 0) is 51.2 Å². The molecule has 1 heterocycles. The Hall–Kier alpha value is -0.490. The van der Waals surface area contributed by atoms with Crippen molar-refractivity contribution in [1.82, 2.24) is 10.2 Å². The van der Waals surface area contributed by atoms with E-state index in [4.69, 9.17) is 5.73 Å². The second-order valence-corrected chi connectivity index (χ2v) is 5.70. The molecule has 3 N–H and O–H groups in total. The molecule has 4 nitrogen and oxygen atoms in total. The third-order valence-electron chi connectivity index (χ3n) is 3.31. The molecule has 20 heavy (non-hydrogen) atoms. The summed E-state index contributed by atoms with van der Waals surface area (Å²) in [5.74, 6) is -0.0745. The molecule has 0 aliphatic carbocycles. The first kappa shape index (κ1) is 19.5. The van der Waals surface area contributed by atoms with Gasteiger partial charge < -0.3 is 16.0 Å². The number of carbonyl (C=O) groups excluding carboxylic acids is 1. The lowest BCUT2D eigenvalue weighted by molar-refractivity contribution is 0.0918. The van der Waals surface area contributed by atoms with Crippen LogP contribution in [-0.4, -0.2) is 37.0 Å². The highest BCUT2D eigenvalue weighted by atomic mass is 79.9. The number of nitrogens with one attached hydrogen (secondary N) is 1. The summed E-state index contributed by atoms with van der Waals surface area (Å²) >= 11 is 3.33. The monoisotopic (exact) mass is 383 g/mol. The van der Waals surface area contributed by atoms with Gasteiger partial charge in [-0.25, -0.2) is 0 Å². The van der Waals surface area contributed by atoms with Crippen LogP contribution < -0.4 is 11.1 Å². The molecule has 7 heteroatoms. The number of anilines is 1. The lowest BCUT2D eigenvalue weighted by Gasteiger charge is -2.29.